The number of hydrogen-bond donors (Lipinski definition) is 2. The van der Waals surface area contributed by atoms with Gasteiger partial charge in [-0.3, -0.25) is 14.4 Å². The fraction of sp³-hybridized carbons (Fsp3) is 0.667. The van der Waals surface area contributed by atoms with Crippen LogP contribution in [-0.2, 0) is 16.1 Å². The highest BCUT2D eigenvalue weighted by atomic mass is 32.1. The quantitative estimate of drug-likeness (QED) is 0.330. The van der Waals surface area contributed by atoms with Crippen molar-refractivity contribution in [3.8, 4) is 0 Å². The van der Waals surface area contributed by atoms with Gasteiger partial charge in [-0.25, -0.2) is 4.68 Å². The number of Topliss-reactive ketones (excluding diaryl/α,β-unsaturated/α-hetero) is 1. The fourth-order valence-corrected chi connectivity index (χ4v) is 4.95. The molecule has 1 heterocycles. The highest BCUT2D eigenvalue weighted by molar-refractivity contribution is 7.71. The van der Waals surface area contributed by atoms with Crippen LogP contribution in [0.4, 0.5) is 0 Å². The standard InChI is InChI=1S/C27H41N5O4S/c1-18(2)17-21(22(33)24-30-32(26(37)36-24)16-15-31(4)5)28-25(35)27(13-7-6-8-14-27)29-23(34)20-11-9-19(3)10-12-20/h9,11-12,18-19,21H,6-8,10,13-17H2,1-5H3,(H,28,35)(H,29,34). The number of hydrogen-bond acceptors (Lipinski definition) is 7. The summed E-state index contributed by atoms with van der Waals surface area (Å²) in [6.07, 6.45) is 10.7. The predicted octanol–water partition coefficient (Wildman–Crippen LogP) is 3.82. The molecule has 1 aromatic heterocycles. The number of likely N-dealkylation sites (N-methyl/N-ethyl adjacent to an activating group) is 1. The van der Waals surface area contributed by atoms with Crippen molar-refractivity contribution >= 4 is 29.8 Å². The van der Waals surface area contributed by atoms with E-state index in [4.69, 9.17) is 16.6 Å². The van der Waals surface area contributed by atoms with Crippen LogP contribution in [0.1, 0.15) is 76.4 Å². The van der Waals surface area contributed by atoms with Crippen LogP contribution in [-0.4, -0.2) is 64.5 Å². The lowest BCUT2D eigenvalue weighted by atomic mass is 9.80. The second-order valence-corrected chi connectivity index (χ2v) is 11.4. The Morgan fingerprint density at radius 1 is 1.24 bits per heavy atom. The highest BCUT2D eigenvalue weighted by Crippen LogP contribution is 2.30. The number of carbonyl (C=O) groups excluding carboxylic acids is 3. The summed E-state index contributed by atoms with van der Waals surface area (Å²) in [5.74, 6) is -0.594. The van der Waals surface area contributed by atoms with E-state index in [1.54, 1.807) is 0 Å². The number of rotatable bonds is 11. The van der Waals surface area contributed by atoms with E-state index in [1.807, 2.05) is 51.1 Å². The summed E-state index contributed by atoms with van der Waals surface area (Å²) in [6, 6.07) is -0.840. The lowest BCUT2D eigenvalue weighted by Crippen LogP contribution is -2.62. The van der Waals surface area contributed by atoms with Crippen LogP contribution >= 0.6 is 12.2 Å². The molecule has 1 saturated carbocycles. The Kier molecular flexibility index (Phi) is 10.0. The first-order valence-corrected chi connectivity index (χ1v) is 13.7. The Bertz CT molecular complexity index is 1090. The molecule has 2 atom stereocenters. The van der Waals surface area contributed by atoms with Gasteiger partial charge in [-0.1, -0.05) is 58.3 Å². The van der Waals surface area contributed by atoms with E-state index < -0.39 is 17.4 Å². The van der Waals surface area contributed by atoms with Gasteiger partial charge in [-0.05, 0) is 63.8 Å². The van der Waals surface area contributed by atoms with Crippen molar-refractivity contribution < 1.29 is 18.8 Å². The average molecular weight is 532 g/mol. The monoisotopic (exact) mass is 531 g/mol. The number of aromatic nitrogens is 2. The van der Waals surface area contributed by atoms with Gasteiger partial charge in [0.05, 0.1) is 12.6 Å². The van der Waals surface area contributed by atoms with Gasteiger partial charge in [0.2, 0.25) is 11.7 Å². The van der Waals surface area contributed by atoms with Gasteiger partial charge in [0, 0.05) is 12.1 Å². The summed E-state index contributed by atoms with van der Waals surface area (Å²) >= 11 is 5.26. The molecular weight excluding hydrogens is 490 g/mol. The van der Waals surface area contributed by atoms with Gasteiger partial charge in [0.1, 0.15) is 5.54 Å². The van der Waals surface area contributed by atoms with E-state index in [0.29, 0.717) is 43.8 Å². The molecule has 37 heavy (non-hydrogen) atoms. The van der Waals surface area contributed by atoms with Crippen LogP contribution in [0.15, 0.2) is 28.2 Å². The Labute approximate surface area is 224 Å². The molecule has 2 aliphatic carbocycles. The van der Waals surface area contributed by atoms with Crippen molar-refractivity contribution in [2.75, 3.05) is 20.6 Å². The van der Waals surface area contributed by atoms with Gasteiger partial charge in [0.25, 0.3) is 16.6 Å². The van der Waals surface area contributed by atoms with E-state index in [9.17, 15) is 14.4 Å². The van der Waals surface area contributed by atoms with Gasteiger partial charge >= 0.3 is 0 Å². The zero-order chi connectivity index (χ0) is 27.2. The molecule has 0 aliphatic heterocycles. The molecule has 2 aliphatic rings. The van der Waals surface area contributed by atoms with Crippen molar-refractivity contribution in [1.82, 2.24) is 25.3 Å². The first-order chi connectivity index (χ1) is 17.5. The number of nitrogens with one attached hydrogen (secondary N) is 2. The minimum absolute atomic E-state index is 0.108. The smallest absolute Gasteiger partial charge is 0.287 e. The number of amides is 2. The summed E-state index contributed by atoms with van der Waals surface area (Å²) < 4.78 is 7.03. The van der Waals surface area contributed by atoms with Crippen LogP contribution in [0, 0.1) is 16.7 Å². The molecular formula is C27H41N5O4S. The second kappa shape index (κ2) is 12.8. The maximum atomic E-state index is 13.8. The first-order valence-electron chi connectivity index (χ1n) is 13.3. The molecule has 0 aromatic carbocycles. The van der Waals surface area contributed by atoms with E-state index in [1.165, 1.54) is 4.68 Å². The van der Waals surface area contributed by atoms with Crippen LogP contribution in [0.2, 0.25) is 0 Å². The van der Waals surface area contributed by atoms with Gasteiger partial charge in [0.15, 0.2) is 0 Å². The third-order valence-corrected chi connectivity index (χ3v) is 7.27. The number of ketones is 1. The zero-order valence-corrected chi connectivity index (χ0v) is 23.5. The summed E-state index contributed by atoms with van der Waals surface area (Å²) in [5.41, 5.74) is -0.487. The molecule has 10 heteroatoms. The van der Waals surface area contributed by atoms with Crippen molar-refractivity contribution in [1.29, 1.82) is 0 Å². The highest BCUT2D eigenvalue weighted by Gasteiger charge is 2.43. The molecule has 1 aromatic rings. The molecule has 2 unspecified atom stereocenters. The molecule has 0 radical (unpaired) electrons. The number of nitrogens with zero attached hydrogens (tertiary/aromatic N) is 3. The molecule has 0 spiro atoms. The molecule has 2 N–H and O–H groups in total. The maximum Gasteiger partial charge on any atom is 0.287 e. The minimum Gasteiger partial charge on any atom is -0.406 e. The van der Waals surface area contributed by atoms with Crippen molar-refractivity contribution in [2.45, 2.75) is 83.8 Å². The lowest BCUT2D eigenvalue weighted by molar-refractivity contribution is -0.134. The van der Waals surface area contributed by atoms with E-state index >= 15 is 0 Å². The molecule has 204 valence electrons. The third kappa shape index (κ3) is 7.70. The average Bonchev–Trinajstić information content (AvgIpc) is 3.22. The van der Waals surface area contributed by atoms with E-state index in [0.717, 1.165) is 25.7 Å². The SMILES string of the molecule is CC(C)CC(NC(=O)C1(NC(=O)C2=CCC(C)C=C2)CCCCC1)C(=O)c1nn(CCN(C)C)c(=S)o1. The molecule has 9 nitrogen and oxygen atoms in total. The summed E-state index contributed by atoms with van der Waals surface area (Å²) in [4.78, 5) is 42.5. The van der Waals surface area contributed by atoms with Crippen LogP contribution in [0.25, 0.3) is 0 Å². The maximum absolute atomic E-state index is 13.8. The fourth-order valence-electron chi connectivity index (χ4n) is 4.74. The van der Waals surface area contributed by atoms with Crippen molar-refractivity contribution in [3.63, 3.8) is 0 Å². The Balaban J connectivity index is 1.80. The molecule has 1 fully saturated rings. The predicted molar refractivity (Wildman–Crippen MR) is 145 cm³/mol. The van der Waals surface area contributed by atoms with E-state index in [-0.39, 0.29) is 28.5 Å². The number of carbonyl (C=O) groups is 3. The van der Waals surface area contributed by atoms with Crippen molar-refractivity contribution in [3.05, 3.63) is 34.5 Å². The Morgan fingerprint density at radius 2 is 1.95 bits per heavy atom. The Hall–Kier alpha value is -2.59. The molecule has 0 bridgehead atoms. The number of allylic oxidation sites excluding steroid dienone is 2. The topological polar surface area (TPSA) is 109 Å². The normalized spacial score (nSPS) is 20.0. The van der Waals surface area contributed by atoms with Crippen LogP contribution < -0.4 is 10.6 Å². The summed E-state index contributed by atoms with van der Waals surface area (Å²) in [6.45, 7) is 7.24. The van der Waals surface area contributed by atoms with Crippen LogP contribution in [0.3, 0.4) is 0 Å². The molecule has 2 amide bonds. The van der Waals surface area contributed by atoms with Crippen LogP contribution in [0.5, 0.6) is 0 Å². The first kappa shape index (κ1) is 29.0. The van der Waals surface area contributed by atoms with Gasteiger partial charge in [-0.15, -0.1) is 5.10 Å². The molecule has 3 rings (SSSR count). The zero-order valence-electron chi connectivity index (χ0n) is 22.7. The Morgan fingerprint density at radius 3 is 2.54 bits per heavy atom. The van der Waals surface area contributed by atoms with Gasteiger partial charge < -0.3 is 20.0 Å². The third-order valence-electron chi connectivity index (χ3n) is 6.98. The summed E-state index contributed by atoms with van der Waals surface area (Å²) in [5, 5.41) is 10.3. The summed E-state index contributed by atoms with van der Waals surface area (Å²) in [7, 11) is 3.87. The van der Waals surface area contributed by atoms with E-state index in [2.05, 4.69) is 22.7 Å². The largest absolute Gasteiger partial charge is 0.406 e. The second-order valence-electron chi connectivity index (χ2n) is 11.0. The lowest BCUT2D eigenvalue weighted by Gasteiger charge is -2.38. The minimum atomic E-state index is -1.06. The molecule has 0 saturated heterocycles. The van der Waals surface area contributed by atoms with Gasteiger partial charge in [-0.2, -0.15) is 0 Å². The van der Waals surface area contributed by atoms with Crippen molar-refractivity contribution in [2.24, 2.45) is 11.8 Å².